The number of aromatic carboxylic acids is 1. The summed E-state index contributed by atoms with van der Waals surface area (Å²) < 4.78 is 1.40. The number of rotatable bonds is 3. The fourth-order valence-electron chi connectivity index (χ4n) is 1.92. The van der Waals surface area contributed by atoms with E-state index in [0.717, 1.165) is 5.56 Å². The Labute approximate surface area is 110 Å². The van der Waals surface area contributed by atoms with E-state index in [0.29, 0.717) is 16.8 Å². The first-order valence-electron chi connectivity index (χ1n) is 5.70. The van der Waals surface area contributed by atoms with Gasteiger partial charge in [0.2, 0.25) is 0 Å². The summed E-state index contributed by atoms with van der Waals surface area (Å²) in [5.74, 6) is -1.34. The first-order valence-corrected chi connectivity index (χ1v) is 5.70. The zero-order chi connectivity index (χ0) is 14.2. The lowest BCUT2D eigenvalue weighted by Crippen LogP contribution is -2.05. The number of nitrogens with two attached hydrogens (primary N) is 1. The number of carboxylic acid groups (broad SMARTS) is 1. The van der Waals surface area contributed by atoms with Crippen LogP contribution in [0.4, 0.5) is 5.69 Å². The minimum absolute atomic E-state index is 0.0644. The summed E-state index contributed by atoms with van der Waals surface area (Å²) >= 11 is 0. The third-order valence-electron chi connectivity index (χ3n) is 2.94. The minimum atomic E-state index is -1.07. The zero-order valence-corrected chi connectivity index (χ0v) is 10.7. The van der Waals surface area contributed by atoms with Crippen molar-refractivity contribution in [2.24, 2.45) is 7.05 Å². The van der Waals surface area contributed by atoms with E-state index in [1.54, 1.807) is 19.2 Å². The van der Waals surface area contributed by atoms with E-state index < -0.39 is 5.97 Å². The molecule has 0 amide bonds. The van der Waals surface area contributed by atoms with Crippen LogP contribution in [0.1, 0.15) is 32.0 Å². The van der Waals surface area contributed by atoms with Crippen LogP contribution >= 0.6 is 0 Å². The molecule has 0 saturated heterocycles. The average Bonchev–Trinajstić information content (AvgIpc) is 2.74. The molecule has 0 unspecified atom stereocenters. The second-order valence-electron chi connectivity index (χ2n) is 4.45. The molecule has 19 heavy (non-hydrogen) atoms. The number of ketones is 1. The van der Waals surface area contributed by atoms with Crippen molar-refractivity contribution in [1.29, 1.82) is 0 Å². The first-order chi connectivity index (χ1) is 8.90. The number of hydrogen-bond donors (Lipinski definition) is 2. The van der Waals surface area contributed by atoms with Crippen LogP contribution in [0, 0.1) is 6.92 Å². The van der Waals surface area contributed by atoms with Crippen molar-refractivity contribution in [3.05, 3.63) is 52.8 Å². The van der Waals surface area contributed by atoms with Crippen LogP contribution in [-0.2, 0) is 7.05 Å². The molecule has 0 saturated carbocycles. The summed E-state index contributed by atoms with van der Waals surface area (Å²) in [7, 11) is 1.58. The number of hydrogen-bond acceptors (Lipinski definition) is 3. The molecule has 1 aromatic carbocycles. The highest BCUT2D eigenvalue weighted by Gasteiger charge is 2.18. The Bertz CT molecular complexity index is 671. The number of carbonyl (C=O) groups is 2. The molecule has 3 N–H and O–H groups in total. The molecule has 2 aromatic rings. The van der Waals surface area contributed by atoms with Gasteiger partial charge in [-0.05, 0) is 25.1 Å². The van der Waals surface area contributed by atoms with E-state index in [-0.39, 0.29) is 11.5 Å². The third kappa shape index (κ3) is 2.35. The Kier molecular flexibility index (Phi) is 3.12. The Morgan fingerprint density at radius 1 is 1.26 bits per heavy atom. The number of aromatic nitrogens is 1. The smallest absolute Gasteiger partial charge is 0.352 e. The van der Waals surface area contributed by atoms with Crippen molar-refractivity contribution in [3.8, 4) is 0 Å². The average molecular weight is 258 g/mol. The fourth-order valence-corrected chi connectivity index (χ4v) is 1.92. The van der Waals surface area contributed by atoms with Gasteiger partial charge in [0.25, 0.3) is 0 Å². The van der Waals surface area contributed by atoms with Gasteiger partial charge in [0.1, 0.15) is 5.69 Å². The molecule has 0 aliphatic rings. The number of benzene rings is 1. The second-order valence-corrected chi connectivity index (χ2v) is 4.45. The van der Waals surface area contributed by atoms with E-state index in [1.807, 2.05) is 13.0 Å². The lowest BCUT2D eigenvalue weighted by Gasteiger charge is -2.04. The van der Waals surface area contributed by atoms with Gasteiger partial charge in [-0.3, -0.25) is 4.79 Å². The number of carboxylic acids is 1. The summed E-state index contributed by atoms with van der Waals surface area (Å²) in [5.41, 5.74) is 7.87. The van der Waals surface area contributed by atoms with Crippen LogP contribution in [0.25, 0.3) is 0 Å². The van der Waals surface area contributed by atoms with Crippen LogP contribution in [0.2, 0.25) is 0 Å². The topological polar surface area (TPSA) is 85.3 Å². The van der Waals surface area contributed by atoms with Gasteiger partial charge in [0, 0.05) is 30.1 Å². The molecule has 98 valence electrons. The molecule has 0 spiro atoms. The first kappa shape index (κ1) is 12.9. The van der Waals surface area contributed by atoms with Gasteiger partial charge in [-0.25, -0.2) is 4.79 Å². The van der Waals surface area contributed by atoms with E-state index in [2.05, 4.69) is 0 Å². The van der Waals surface area contributed by atoms with Crippen molar-refractivity contribution >= 4 is 17.4 Å². The lowest BCUT2D eigenvalue weighted by molar-refractivity contribution is 0.0686. The maximum atomic E-state index is 12.3. The van der Waals surface area contributed by atoms with Crippen LogP contribution in [0.3, 0.4) is 0 Å². The molecular weight excluding hydrogens is 244 g/mol. The SMILES string of the molecule is Cc1ccc(N)c(C(=O)c2cc(C(=O)O)n(C)c2)c1. The molecule has 1 aromatic heterocycles. The van der Waals surface area contributed by atoms with Gasteiger partial charge in [0.15, 0.2) is 5.78 Å². The predicted octanol–water partition coefficient (Wildman–Crippen LogP) is 1.84. The normalized spacial score (nSPS) is 10.4. The molecule has 5 nitrogen and oxygen atoms in total. The van der Waals surface area contributed by atoms with Crippen molar-refractivity contribution < 1.29 is 14.7 Å². The Balaban J connectivity index is 2.47. The molecule has 0 atom stereocenters. The Morgan fingerprint density at radius 2 is 1.95 bits per heavy atom. The van der Waals surface area contributed by atoms with Crippen LogP contribution in [0.15, 0.2) is 30.5 Å². The monoisotopic (exact) mass is 258 g/mol. The van der Waals surface area contributed by atoms with Gasteiger partial charge < -0.3 is 15.4 Å². The largest absolute Gasteiger partial charge is 0.477 e. The third-order valence-corrected chi connectivity index (χ3v) is 2.94. The van der Waals surface area contributed by atoms with Crippen molar-refractivity contribution in [1.82, 2.24) is 4.57 Å². The molecule has 0 radical (unpaired) electrons. The molecule has 0 aliphatic carbocycles. The zero-order valence-electron chi connectivity index (χ0n) is 10.7. The summed E-state index contributed by atoms with van der Waals surface area (Å²) in [6.07, 6.45) is 1.49. The Hall–Kier alpha value is -2.56. The lowest BCUT2D eigenvalue weighted by atomic mass is 10.0. The Morgan fingerprint density at radius 3 is 2.53 bits per heavy atom. The minimum Gasteiger partial charge on any atom is -0.477 e. The summed E-state index contributed by atoms with van der Waals surface area (Å²) in [4.78, 5) is 23.3. The molecular formula is C14H14N2O3. The van der Waals surface area contributed by atoms with E-state index in [1.165, 1.54) is 16.8 Å². The molecule has 0 bridgehead atoms. The van der Waals surface area contributed by atoms with Gasteiger partial charge >= 0.3 is 5.97 Å². The van der Waals surface area contributed by atoms with Crippen LogP contribution in [-0.4, -0.2) is 21.4 Å². The van der Waals surface area contributed by atoms with Gasteiger partial charge in [-0.2, -0.15) is 0 Å². The molecule has 0 fully saturated rings. The highest BCUT2D eigenvalue weighted by molar-refractivity contribution is 6.12. The maximum Gasteiger partial charge on any atom is 0.352 e. The number of anilines is 1. The fraction of sp³-hybridized carbons (Fsp3) is 0.143. The van der Waals surface area contributed by atoms with E-state index in [4.69, 9.17) is 10.8 Å². The summed E-state index contributed by atoms with van der Waals surface area (Å²) in [6.45, 7) is 1.86. The van der Waals surface area contributed by atoms with E-state index in [9.17, 15) is 9.59 Å². The molecule has 5 heteroatoms. The van der Waals surface area contributed by atoms with E-state index >= 15 is 0 Å². The van der Waals surface area contributed by atoms with Gasteiger partial charge in [-0.15, -0.1) is 0 Å². The van der Waals surface area contributed by atoms with Gasteiger partial charge in [0.05, 0.1) is 0 Å². The summed E-state index contributed by atoms with van der Waals surface area (Å²) in [5, 5.41) is 8.97. The number of carbonyl (C=O) groups excluding carboxylic acids is 1. The number of aryl methyl sites for hydroxylation is 2. The second kappa shape index (κ2) is 4.61. The van der Waals surface area contributed by atoms with Crippen molar-refractivity contribution in [3.63, 3.8) is 0 Å². The van der Waals surface area contributed by atoms with Crippen LogP contribution < -0.4 is 5.73 Å². The van der Waals surface area contributed by atoms with Crippen molar-refractivity contribution in [2.75, 3.05) is 5.73 Å². The molecule has 2 rings (SSSR count). The highest BCUT2D eigenvalue weighted by atomic mass is 16.4. The number of nitrogens with zero attached hydrogens (tertiary/aromatic N) is 1. The van der Waals surface area contributed by atoms with Crippen molar-refractivity contribution in [2.45, 2.75) is 6.92 Å². The summed E-state index contributed by atoms with van der Waals surface area (Å²) in [6, 6.07) is 6.54. The predicted molar refractivity (Wildman–Crippen MR) is 71.4 cm³/mol. The maximum absolute atomic E-state index is 12.3. The standard InChI is InChI=1S/C14H14N2O3/c1-8-3-4-11(15)10(5-8)13(17)9-6-12(14(18)19)16(2)7-9/h3-7H,15H2,1-2H3,(H,18,19). The van der Waals surface area contributed by atoms with Gasteiger partial charge in [-0.1, -0.05) is 11.6 Å². The quantitative estimate of drug-likeness (QED) is 0.649. The van der Waals surface area contributed by atoms with Crippen LogP contribution in [0.5, 0.6) is 0 Å². The molecule has 0 aliphatic heterocycles. The highest BCUT2D eigenvalue weighted by Crippen LogP contribution is 2.19. The number of nitrogen functional groups attached to an aromatic ring is 1. The molecule has 1 heterocycles.